The molecule has 0 saturated carbocycles. The van der Waals surface area contributed by atoms with Crippen LogP contribution in [0.25, 0.3) is 11.1 Å². The van der Waals surface area contributed by atoms with E-state index in [4.69, 9.17) is 5.73 Å². The number of rotatable bonds is 2. The Morgan fingerprint density at radius 2 is 1.89 bits per heavy atom. The van der Waals surface area contributed by atoms with Crippen molar-refractivity contribution in [3.05, 3.63) is 53.9 Å². The molecule has 5 heteroatoms. The number of nitrogens with two attached hydrogens (primary N) is 1. The predicted octanol–water partition coefficient (Wildman–Crippen LogP) is 3.23. The first-order valence-electron chi connectivity index (χ1n) is 5.33. The van der Waals surface area contributed by atoms with Crippen molar-refractivity contribution in [3.8, 4) is 11.1 Å². The van der Waals surface area contributed by atoms with Gasteiger partial charge in [0.2, 0.25) is 0 Å². The minimum Gasteiger partial charge on any atom is -0.326 e. The maximum atomic E-state index is 12.9. The van der Waals surface area contributed by atoms with Crippen molar-refractivity contribution in [2.45, 2.75) is 12.7 Å². The molecule has 0 radical (unpaired) electrons. The third-order valence-corrected chi connectivity index (χ3v) is 2.63. The second-order valence-corrected chi connectivity index (χ2v) is 3.82. The van der Waals surface area contributed by atoms with Crippen molar-refractivity contribution in [2.24, 2.45) is 5.73 Å². The van der Waals surface area contributed by atoms with Crippen molar-refractivity contribution >= 4 is 0 Å². The van der Waals surface area contributed by atoms with Gasteiger partial charge in [-0.3, -0.25) is 4.98 Å². The quantitative estimate of drug-likeness (QED) is 0.891. The maximum absolute atomic E-state index is 12.9. The maximum Gasteiger partial charge on any atom is 0.416 e. The van der Waals surface area contributed by atoms with Gasteiger partial charge in [0, 0.05) is 24.5 Å². The Kier molecular flexibility index (Phi) is 3.34. The summed E-state index contributed by atoms with van der Waals surface area (Å²) in [4.78, 5) is 3.89. The van der Waals surface area contributed by atoms with Crippen LogP contribution < -0.4 is 5.73 Å². The summed E-state index contributed by atoms with van der Waals surface area (Å²) in [6.45, 7) is -0.137. The number of hydrogen-bond donors (Lipinski definition) is 1. The van der Waals surface area contributed by atoms with Crippen molar-refractivity contribution in [1.29, 1.82) is 0 Å². The van der Waals surface area contributed by atoms with Crippen LogP contribution in [0, 0.1) is 0 Å². The zero-order chi connectivity index (χ0) is 13.2. The molecule has 2 nitrogen and oxygen atoms in total. The highest BCUT2D eigenvalue weighted by Gasteiger charge is 2.33. The Hall–Kier alpha value is -1.88. The molecule has 0 fully saturated rings. The SMILES string of the molecule is NCc1ccc(-c2cccnc2)cc1C(F)(F)F. The second-order valence-electron chi connectivity index (χ2n) is 3.82. The molecular weight excluding hydrogens is 241 g/mol. The van der Waals surface area contributed by atoms with Gasteiger partial charge in [0.15, 0.2) is 0 Å². The van der Waals surface area contributed by atoms with E-state index in [1.807, 2.05) is 0 Å². The van der Waals surface area contributed by atoms with Crippen LogP contribution in [0.2, 0.25) is 0 Å². The number of pyridine rings is 1. The summed E-state index contributed by atoms with van der Waals surface area (Å²) >= 11 is 0. The third kappa shape index (κ3) is 2.51. The lowest BCUT2D eigenvalue weighted by Gasteiger charge is -2.13. The fourth-order valence-corrected chi connectivity index (χ4v) is 1.73. The number of nitrogens with zero attached hydrogens (tertiary/aromatic N) is 1. The molecule has 0 bridgehead atoms. The van der Waals surface area contributed by atoms with Gasteiger partial charge in [-0.15, -0.1) is 0 Å². The Labute approximate surface area is 102 Å². The molecule has 2 rings (SSSR count). The molecule has 0 saturated heterocycles. The van der Waals surface area contributed by atoms with E-state index in [0.717, 1.165) is 6.07 Å². The standard InChI is InChI=1S/C13H11F3N2/c14-13(15,16)12-6-9(3-4-10(12)7-17)11-2-1-5-18-8-11/h1-6,8H,7,17H2. The molecular formula is C13H11F3N2. The highest BCUT2D eigenvalue weighted by molar-refractivity contribution is 5.64. The molecule has 94 valence electrons. The zero-order valence-electron chi connectivity index (χ0n) is 9.41. The molecule has 1 aromatic carbocycles. The molecule has 18 heavy (non-hydrogen) atoms. The normalized spacial score (nSPS) is 11.6. The molecule has 1 aromatic heterocycles. The summed E-state index contributed by atoms with van der Waals surface area (Å²) in [5, 5.41) is 0. The largest absolute Gasteiger partial charge is 0.416 e. The van der Waals surface area contributed by atoms with Crippen LogP contribution in [-0.4, -0.2) is 4.98 Å². The number of halogens is 3. The van der Waals surface area contributed by atoms with Crippen LogP contribution in [0.5, 0.6) is 0 Å². The Bertz CT molecular complexity index is 536. The van der Waals surface area contributed by atoms with Gasteiger partial charge in [0.25, 0.3) is 0 Å². The van der Waals surface area contributed by atoms with Crippen molar-refractivity contribution in [1.82, 2.24) is 4.98 Å². The van der Waals surface area contributed by atoms with E-state index in [1.165, 1.54) is 12.3 Å². The van der Waals surface area contributed by atoms with Crippen LogP contribution in [0.15, 0.2) is 42.7 Å². The van der Waals surface area contributed by atoms with Crippen LogP contribution in [0.3, 0.4) is 0 Å². The lowest BCUT2D eigenvalue weighted by atomic mass is 10.00. The van der Waals surface area contributed by atoms with E-state index in [9.17, 15) is 13.2 Å². The molecule has 0 aliphatic heterocycles. The lowest BCUT2D eigenvalue weighted by molar-refractivity contribution is -0.138. The van der Waals surface area contributed by atoms with Gasteiger partial charge in [-0.1, -0.05) is 18.2 Å². The monoisotopic (exact) mass is 252 g/mol. The summed E-state index contributed by atoms with van der Waals surface area (Å²) in [6.07, 6.45) is -1.30. The number of alkyl halides is 3. The molecule has 0 atom stereocenters. The Morgan fingerprint density at radius 3 is 2.44 bits per heavy atom. The fraction of sp³-hybridized carbons (Fsp3) is 0.154. The molecule has 1 heterocycles. The average molecular weight is 252 g/mol. The van der Waals surface area contributed by atoms with Crippen molar-refractivity contribution in [2.75, 3.05) is 0 Å². The van der Waals surface area contributed by atoms with E-state index in [-0.39, 0.29) is 12.1 Å². The van der Waals surface area contributed by atoms with Crippen LogP contribution in [0.1, 0.15) is 11.1 Å². The minimum absolute atomic E-state index is 0.0927. The van der Waals surface area contributed by atoms with Crippen LogP contribution in [0.4, 0.5) is 13.2 Å². The minimum atomic E-state index is -4.40. The lowest BCUT2D eigenvalue weighted by Crippen LogP contribution is -2.12. The van der Waals surface area contributed by atoms with Gasteiger partial charge in [0.05, 0.1) is 5.56 Å². The number of benzene rings is 1. The fourth-order valence-electron chi connectivity index (χ4n) is 1.73. The van der Waals surface area contributed by atoms with E-state index in [1.54, 1.807) is 24.4 Å². The molecule has 0 aliphatic carbocycles. The van der Waals surface area contributed by atoms with E-state index < -0.39 is 11.7 Å². The van der Waals surface area contributed by atoms with Gasteiger partial charge < -0.3 is 5.73 Å². The van der Waals surface area contributed by atoms with Gasteiger partial charge in [-0.25, -0.2) is 0 Å². The zero-order valence-corrected chi connectivity index (χ0v) is 9.41. The van der Waals surface area contributed by atoms with Gasteiger partial charge in [0.1, 0.15) is 0 Å². The third-order valence-electron chi connectivity index (χ3n) is 2.63. The Balaban J connectivity index is 2.53. The average Bonchev–Trinajstić information content (AvgIpc) is 2.38. The van der Waals surface area contributed by atoms with Gasteiger partial charge >= 0.3 is 6.18 Å². The molecule has 2 N–H and O–H groups in total. The van der Waals surface area contributed by atoms with E-state index >= 15 is 0 Å². The highest BCUT2D eigenvalue weighted by atomic mass is 19.4. The van der Waals surface area contributed by atoms with Crippen LogP contribution >= 0.6 is 0 Å². The van der Waals surface area contributed by atoms with Crippen molar-refractivity contribution < 1.29 is 13.2 Å². The smallest absolute Gasteiger partial charge is 0.326 e. The summed E-state index contributed by atoms with van der Waals surface area (Å²) in [7, 11) is 0. The second kappa shape index (κ2) is 4.78. The van der Waals surface area contributed by atoms with Gasteiger partial charge in [-0.05, 0) is 23.3 Å². The summed E-state index contributed by atoms with van der Waals surface area (Å²) < 4.78 is 38.6. The van der Waals surface area contributed by atoms with E-state index in [2.05, 4.69) is 4.98 Å². The molecule has 2 aromatic rings. The topological polar surface area (TPSA) is 38.9 Å². The number of aromatic nitrogens is 1. The van der Waals surface area contributed by atoms with Gasteiger partial charge in [-0.2, -0.15) is 13.2 Å². The van der Waals surface area contributed by atoms with Crippen LogP contribution in [-0.2, 0) is 12.7 Å². The Morgan fingerprint density at radius 1 is 1.11 bits per heavy atom. The molecule has 0 spiro atoms. The summed E-state index contributed by atoms with van der Waals surface area (Å²) in [5.74, 6) is 0. The number of hydrogen-bond acceptors (Lipinski definition) is 2. The predicted molar refractivity (Wildman–Crippen MR) is 62.6 cm³/mol. The first-order valence-corrected chi connectivity index (χ1v) is 5.33. The first kappa shape index (κ1) is 12.6. The highest BCUT2D eigenvalue weighted by Crippen LogP contribution is 2.34. The summed E-state index contributed by atoms with van der Waals surface area (Å²) in [6, 6.07) is 7.53. The van der Waals surface area contributed by atoms with E-state index in [0.29, 0.717) is 11.1 Å². The van der Waals surface area contributed by atoms with Crippen molar-refractivity contribution in [3.63, 3.8) is 0 Å². The summed E-state index contributed by atoms with van der Waals surface area (Å²) in [5.41, 5.74) is 5.85. The first-order chi connectivity index (χ1) is 8.52. The molecule has 0 unspecified atom stereocenters. The molecule has 0 amide bonds. The molecule has 0 aliphatic rings.